The number of anilines is 1. The summed E-state index contributed by atoms with van der Waals surface area (Å²) in [6, 6.07) is 8.43. The van der Waals surface area contributed by atoms with E-state index in [1.54, 1.807) is 30.3 Å². The highest BCUT2D eigenvalue weighted by Crippen LogP contribution is 2.21. The van der Waals surface area contributed by atoms with Crippen molar-refractivity contribution in [3.8, 4) is 0 Å². The summed E-state index contributed by atoms with van der Waals surface area (Å²) in [5, 5.41) is 25.0. The molecule has 0 saturated heterocycles. The topological polar surface area (TPSA) is 126 Å². The molecule has 0 saturated carbocycles. The van der Waals surface area contributed by atoms with Crippen LogP contribution in [0.4, 0.5) is 5.82 Å². The number of carbonyl (C=O) groups excluding carboxylic acids is 1. The summed E-state index contributed by atoms with van der Waals surface area (Å²) in [7, 11) is 0. The van der Waals surface area contributed by atoms with Gasteiger partial charge >= 0.3 is 0 Å². The lowest BCUT2D eigenvalue weighted by atomic mass is 9.99. The smallest absolute Gasteiger partial charge is 0.198 e. The van der Waals surface area contributed by atoms with Crippen molar-refractivity contribution in [2.45, 2.75) is 6.92 Å². The number of nitrogens with one attached hydrogen (secondary N) is 1. The minimum atomic E-state index is -0.487. The summed E-state index contributed by atoms with van der Waals surface area (Å²) in [6.07, 6.45) is 0. The molecule has 0 amide bonds. The van der Waals surface area contributed by atoms with Gasteiger partial charge in [0.15, 0.2) is 17.3 Å². The van der Waals surface area contributed by atoms with Crippen LogP contribution in [0.5, 0.6) is 0 Å². The number of aliphatic hydroxyl groups excluding tert-OH is 1. The number of aromatic nitrogens is 2. The Morgan fingerprint density at radius 2 is 1.95 bits per heavy atom. The maximum absolute atomic E-state index is 11.7. The van der Waals surface area contributed by atoms with Crippen LogP contribution in [-0.4, -0.2) is 26.9 Å². The Kier molecular flexibility index (Phi) is 3.60. The molecule has 0 radical (unpaired) electrons. The number of rotatable bonds is 4. The lowest BCUT2D eigenvalue weighted by Gasteiger charge is -2.08. The molecule has 7 heteroatoms. The molecule has 0 atom stereocenters. The zero-order chi connectivity index (χ0) is 14.7. The number of hydrogen-bond acceptors (Lipinski definition) is 7. The van der Waals surface area contributed by atoms with E-state index in [0.29, 0.717) is 5.56 Å². The monoisotopic (exact) mass is 272 g/mol. The molecule has 0 aliphatic carbocycles. The molecule has 2 aromatic rings. The number of Topliss-reactive ketones (excluding diaryl/α,β-unsaturated/α-hetero) is 1. The first-order chi connectivity index (χ1) is 9.52. The molecule has 7 nitrogen and oxygen atoms in total. The molecular formula is C13H12N4O3. The van der Waals surface area contributed by atoms with Gasteiger partial charge in [-0.15, -0.1) is 0 Å². The van der Waals surface area contributed by atoms with Gasteiger partial charge in [0.25, 0.3) is 0 Å². The number of nitrogen functional groups attached to an aromatic ring is 1. The Morgan fingerprint density at radius 1 is 1.30 bits per heavy atom. The molecular weight excluding hydrogens is 260 g/mol. The quantitative estimate of drug-likeness (QED) is 0.440. The van der Waals surface area contributed by atoms with E-state index in [9.17, 15) is 9.90 Å². The number of benzene rings is 1. The lowest BCUT2D eigenvalue weighted by molar-refractivity contribution is -0.113. The molecule has 1 aromatic heterocycles. The highest BCUT2D eigenvalue weighted by atomic mass is 16.6. The Labute approximate surface area is 114 Å². The number of ketones is 1. The predicted octanol–water partition coefficient (Wildman–Crippen LogP) is 1.58. The SMILES string of the molecule is CC(=O)C(C(=N)c1nonc1N)=C(O)c1ccccc1. The van der Waals surface area contributed by atoms with E-state index in [0.717, 1.165) is 0 Å². The minimum Gasteiger partial charge on any atom is -0.506 e. The second kappa shape index (κ2) is 5.35. The Bertz CT molecular complexity index is 689. The molecule has 1 heterocycles. The van der Waals surface area contributed by atoms with Crippen LogP contribution in [0.15, 0.2) is 40.5 Å². The van der Waals surface area contributed by atoms with Crippen molar-refractivity contribution in [3.63, 3.8) is 0 Å². The van der Waals surface area contributed by atoms with Gasteiger partial charge in [0.05, 0.1) is 5.57 Å². The number of carbonyl (C=O) groups is 1. The standard InChI is InChI=1S/C13H12N4O3/c1-7(18)9(10(14)11-13(15)17-20-16-11)12(19)8-5-3-2-4-6-8/h2-6,14,19H,1H3,(H2,15,17). The van der Waals surface area contributed by atoms with Crippen LogP contribution in [0.3, 0.4) is 0 Å². The number of hydrogen-bond donors (Lipinski definition) is 3. The van der Waals surface area contributed by atoms with Gasteiger partial charge < -0.3 is 10.8 Å². The normalized spacial score (nSPS) is 11.8. The van der Waals surface area contributed by atoms with Gasteiger partial charge in [0, 0.05) is 5.56 Å². The maximum atomic E-state index is 11.7. The Morgan fingerprint density at radius 3 is 2.45 bits per heavy atom. The number of aliphatic hydroxyl groups is 1. The zero-order valence-electron chi connectivity index (χ0n) is 10.6. The summed E-state index contributed by atoms with van der Waals surface area (Å²) in [5.41, 5.74) is 5.29. The van der Waals surface area contributed by atoms with Gasteiger partial charge in [-0.1, -0.05) is 30.3 Å². The van der Waals surface area contributed by atoms with Gasteiger partial charge in [-0.3, -0.25) is 10.2 Å². The fourth-order valence-electron chi connectivity index (χ4n) is 1.69. The van der Waals surface area contributed by atoms with Crippen molar-refractivity contribution in [2.75, 3.05) is 5.73 Å². The van der Waals surface area contributed by atoms with Gasteiger partial charge in [-0.25, -0.2) is 4.63 Å². The van der Waals surface area contributed by atoms with Crippen molar-refractivity contribution in [1.29, 1.82) is 5.41 Å². The molecule has 0 aliphatic heterocycles. The molecule has 20 heavy (non-hydrogen) atoms. The third-order valence-corrected chi connectivity index (χ3v) is 2.64. The largest absolute Gasteiger partial charge is 0.506 e. The molecule has 2 rings (SSSR count). The third kappa shape index (κ3) is 2.41. The molecule has 102 valence electrons. The van der Waals surface area contributed by atoms with E-state index in [4.69, 9.17) is 11.1 Å². The fourth-order valence-corrected chi connectivity index (χ4v) is 1.69. The minimum absolute atomic E-state index is 0.0855. The molecule has 1 aromatic carbocycles. The number of nitrogens with zero attached hydrogens (tertiary/aromatic N) is 2. The van der Waals surface area contributed by atoms with Gasteiger partial charge in [-0.2, -0.15) is 0 Å². The van der Waals surface area contributed by atoms with Crippen molar-refractivity contribution < 1.29 is 14.5 Å². The van der Waals surface area contributed by atoms with E-state index >= 15 is 0 Å². The van der Waals surface area contributed by atoms with E-state index in [-0.39, 0.29) is 28.6 Å². The first kappa shape index (κ1) is 13.5. The molecule has 0 spiro atoms. The van der Waals surface area contributed by atoms with E-state index < -0.39 is 5.78 Å². The van der Waals surface area contributed by atoms with Crippen LogP contribution in [0.2, 0.25) is 0 Å². The summed E-state index contributed by atoms with van der Waals surface area (Å²) in [5.74, 6) is -0.918. The molecule has 0 unspecified atom stereocenters. The van der Waals surface area contributed by atoms with Crippen LogP contribution in [0.25, 0.3) is 5.76 Å². The Balaban J connectivity index is 2.55. The summed E-state index contributed by atoms with van der Waals surface area (Å²) in [4.78, 5) is 11.7. The zero-order valence-corrected chi connectivity index (χ0v) is 10.6. The summed E-state index contributed by atoms with van der Waals surface area (Å²) < 4.78 is 4.40. The van der Waals surface area contributed by atoms with Crippen LogP contribution < -0.4 is 5.73 Å². The van der Waals surface area contributed by atoms with Gasteiger partial charge in [0.2, 0.25) is 0 Å². The van der Waals surface area contributed by atoms with Crippen molar-refractivity contribution in [3.05, 3.63) is 47.2 Å². The van der Waals surface area contributed by atoms with Crippen LogP contribution >= 0.6 is 0 Å². The van der Waals surface area contributed by atoms with Crippen LogP contribution in [-0.2, 0) is 4.79 Å². The predicted molar refractivity (Wildman–Crippen MR) is 72.2 cm³/mol. The van der Waals surface area contributed by atoms with E-state index in [1.807, 2.05) is 0 Å². The molecule has 0 bridgehead atoms. The van der Waals surface area contributed by atoms with E-state index in [1.165, 1.54) is 6.92 Å². The Hall–Kier alpha value is -2.96. The highest BCUT2D eigenvalue weighted by molar-refractivity contribution is 6.30. The van der Waals surface area contributed by atoms with Gasteiger partial charge in [0.1, 0.15) is 11.5 Å². The van der Waals surface area contributed by atoms with Gasteiger partial charge in [-0.05, 0) is 17.2 Å². The van der Waals surface area contributed by atoms with E-state index in [2.05, 4.69) is 14.9 Å². The number of nitrogens with two attached hydrogens (primary N) is 1. The second-order valence-electron chi connectivity index (χ2n) is 4.02. The third-order valence-electron chi connectivity index (χ3n) is 2.64. The summed E-state index contributed by atoms with van der Waals surface area (Å²) >= 11 is 0. The van der Waals surface area contributed by atoms with Crippen molar-refractivity contribution >= 4 is 23.1 Å². The van der Waals surface area contributed by atoms with Crippen LogP contribution in [0, 0.1) is 5.41 Å². The van der Waals surface area contributed by atoms with Crippen molar-refractivity contribution in [1.82, 2.24) is 10.3 Å². The first-order valence-corrected chi connectivity index (χ1v) is 5.69. The molecule has 0 aliphatic rings. The molecule has 4 N–H and O–H groups in total. The average molecular weight is 272 g/mol. The highest BCUT2D eigenvalue weighted by Gasteiger charge is 2.23. The average Bonchev–Trinajstić information content (AvgIpc) is 2.85. The molecule has 0 fully saturated rings. The number of allylic oxidation sites excluding steroid dienone is 1. The maximum Gasteiger partial charge on any atom is 0.198 e. The first-order valence-electron chi connectivity index (χ1n) is 5.69. The fraction of sp³-hybridized carbons (Fsp3) is 0.0769. The second-order valence-corrected chi connectivity index (χ2v) is 4.02. The van der Waals surface area contributed by atoms with Crippen molar-refractivity contribution in [2.24, 2.45) is 0 Å². The lowest BCUT2D eigenvalue weighted by Crippen LogP contribution is -2.15. The van der Waals surface area contributed by atoms with Crippen LogP contribution in [0.1, 0.15) is 18.2 Å². The summed E-state index contributed by atoms with van der Waals surface area (Å²) in [6.45, 7) is 1.24.